The van der Waals surface area contributed by atoms with Gasteiger partial charge in [-0.05, 0) is 30.4 Å². The van der Waals surface area contributed by atoms with E-state index >= 15 is 0 Å². The molecule has 1 aromatic rings. The van der Waals surface area contributed by atoms with Crippen LogP contribution in [0.3, 0.4) is 0 Å². The van der Waals surface area contributed by atoms with Crippen LogP contribution < -0.4 is 10.6 Å². The van der Waals surface area contributed by atoms with E-state index in [0.29, 0.717) is 6.04 Å². The minimum absolute atomic E-state index is 0.642. The highest BCUT2D eigenvalue weighted by atomic mass is 16.3. The van der Waals surface area contributed by atoms with Gasteiger partial charge in [0.1, 0.15) is 5.76 Å². The Labute approximate surface area is 127 Å². The van der Waals surface area contributed by atoms with E-state index < -0.39 is 0 Å². The van der Waals surface area contributed by atoms with E-state index in [-0.39, 0.29) is 0 Å². The van der Waals surface area contributed by atoms with Gasteiger partial charge < -0.3 is 15.1 Å². The lowest BCUT2D eigenvalue weighted by molar-refractivity contribution is 0.315. The Balaban J connectivity index is 1.37. The molecule has 0 saturated heterocycles. The first-order valence-corrected chi connectivity index (χ1v) is 8.36. The fourth-order valence-electron chi connectivity index (χ4n) is 3.59. The fraction of sp³-hybridized carbons (Fsp3) is 0.706. The molecule has 1 aromatic heterocycles. The molecule has 2 fully saturated rings. The lowest BCUT2D eigenvalue weighted by atomic mass is 9.85. The Morgan fingerprint density at radius 2 is 2.19 bits per heavy atom. The monoisotopic (exact) mass is 289 g/mol. The third-order valence-corrected chi connectivity index (χ3v) is 4.88. The molecule has 2 aliphatic rings. The van der Waals surface area contributed by atoms with E-state index in [2.05, 4.69) is 15.6 Å². The van der Waals surface area contributed by atoms with Crippen LogP contribution in [-0.2, 0) is 6.42 Å². The molecule has 4 nitrogen and oxygen atoms in total. The molecule has 0 aromatic carbocycles. The number of rotatable bonds is 5. The van der Waals surface area contributed by atoms with Crippen molar-refractivity contribution in [3.8, 4) is 0 Å². The second-order valence-electron chi connectivity index (χ2n) is 6.38. The smallest absolute Gasteiger partial charge is 0.191 e. The van der Waals surface area contributed by atoms with Crippen molar-refractivity contribution in [1.82, 2.24) is 10.6 Å². The molecule has 2 N–H and O–H groups in total. The zero-order valence-electron chi connectivity index (χ0n) is 13.0. The molecule has 0 radical (unpaired) electrons. The Kier molecular flexibility index (Phi) is 4.84. The van der Waals surface area contributed by atoms with E-state index in [1.165, 1.54) is 38.5 Å². The van der Waals surface area contributed by atoms with Gasteiger partial charge >= 0.3 is 0 Å². The van der Waals surface area contributed by atoms with Crippen molar-refractivity contribution >= 4 is 5.96 Å². The predicted molar refractivity (Wildman–Crippen MR) is 85.4 cm³/mol. The van der Waals surface area contributed by atoms with Gasteiger partial charge in [0.25, 0.3) is 0 Å². The Morgan fingerprint density at radius 1 is 1.33 bits per heavy atom. The summed E-state index contributed by atoms with van der Waals surface area (Å²) >= 11 is 0. The summed E-state index contributed by atoms with van der Waals surface area (Å²) < 4.78 is 5.34. The zero-order chi connectivity index (χ0) is 14.5. The first kappa shape index (κ1) is 14.5. The standard InChI is InChI=1S/C17H27N3O/c1-18-17(19-10-9-14-8-5-11-21-14)20-16-12-15(16)13-6-3-2-4-7-13/h5,8,11,13,15-16H,2-4,6-7,9-10,12H2,1H3,(H2,18,19,20). The summed E-state index contributed by atoms with van der Waals surface area (Å²) in [5, 5.41) is 6.96. The topological polar surface area (TPSA) is 49.6 Å². The van der Waals surface area contributed by atoms with Crippen LogP contribution in [0.15, 0.2) is 27.8 Å². The summed E-state index contributed by atoms with van der Waals surface area (Å²) in [4.78, 5) is 4.33. The minimum atomic E-state index is 0.642. The molecule has 4 heteroatoms. The number of nitrogens with zero attached hydrogens (tertiary/aromatic N) is 1. The van der Waals surface area contributed by atoms with E-state index in [9.17, 15) is 0 Å². The zero-order valence-corrected chi connectivity index (χ0v) is 13.0. The van der Waals surface area contributed by atoms with Crippen molar-refractivity contribution in [3.63, 3.8) is 0 Å². The second kappa shape index (κ2) is 7.01. The molecule has 0 aliphatic heterocycles. The van der Waals surface area contributed by atoms with Gasteiger partial charge in [-0.15, -0.1) is 0 Å². The highest BCUT2D eigenvalue weighted by Crippen LogP contribution is 2.44. The van der Waals surface area contributed by atoms with E-state index in [1.807, 2.05) is 19.2 Å². The fourth-order valence-corrected chi connectivity index (χ4v) is 3.59. The van der Waals surface area contributed by atoms with Crippen molar-refractivity contribution in [2.75, 3.05) is 13.6 Å². The molecule has 2 unspecified atom stereocenters. The van der Waals surface area contributed by atoms with Crippen LogP contribution in [0.2, 0.25) is 0 Å². The van der Waals surface area contributed by atoms with Gasteiger partial charge in [0, 0.05) is 26.1 Å². The number of furan rings is 1. The van der Waals surface area contributed by atoms with E-state index in [1.54, 1.807) is 6.26 Å². The van der Waals surface area contributed by atoms with Crippen molar-refractivity contribution < 1.29 is 4.42 Å². The highest BCUT2D eigenvalue weighted by Gasteiger charge is 2.43. The van der Waals surface area contributed by atoms with Crippen LogP contribution >= 0.6 is 0 Å². The van der Waals surface area contributed by atoms with Crippen molar-refractivity contribution in [2.45, 2.75) is 51.0 Å². The van der Waals surface area contributed by atoms with Gasteiger partial charge in [-0.25, -0.2) is 0 Å². The molecule has 0 bridgehead atoms. The molecular formula is C17H27N3O. The summed E-state index contributed by atoms with van der Waals surface area (Å²) in [6.45, 7) is 0.855. The summed E-state index contributed by atoms with van der Waals surface area (Å²) in [7, 11) is 1.85. The van der Waals surface area contributed by atoms with Gasteiger partial charge in [0.15, 0.2) is 5.96 Å². The number of aliphatic imine (C=N–C) groups is 1. The molecular weight excluding hydrogens is 262 g/mol. The van der Waals surface area contributed by atoms with Crippen molar-refractivity contribution in [2.24, 2.45) is 16.8 Å². The molecule has 1 heterocycles. The molecule has 3 rings (SSSR count). The first-order chi connectivity index (χ1) is 10.4. The maximum Gasteiger partial charge on any atom is 0.191 e. The van der Waals surface area contributed by atoms with Gasteiger partial charge in [0.2, 0.25) is 0 Å². The van der Waals surface area contributed by atoms with Crippen LogP contribution in [0.5, 0.6) is 0 Å². The molecule has 2 atom stereocenters. The average Bonchev–Trinajstić information content (AvgIpc) is 3.10. The van der Waals surface area contributed by atoms with Gasteiger partial charge in [-0.2, -0.15) is 0 Å². The Hall–Kier alpha value is -1.45. The molecule has 116 valence electrons. The Morgan fingerprint density at radius 3 is 2.90 bits per heavy atom. The third kappa shape index (κ3) is 4.02. The van der Waals surface area contributed by atoms with Crippen LogP contribution in [0.25, 0.3) is 0 Å². The molecule has 0 amide bonds. The summed E-state index contributed by atoms with van der Waals surface area (Å²) in [5.41, 5.74) is 0. The average molecular weight is 289 g/mol. The summed E-state index contributed by atoms with van der Waals surface area (Å²) in [6.07, 6.45) is 11.1. The normalized spacial score (nSPS) is 26.6. The Bertz CT molecular complexity index is 449. The number of hydrogen-bond acceptors (Lipinski definition) is 2. The number of hydrogen-bond donors (Lipinski definition) is 2. The van der Waals surface area contributed by atoms with Crippen LogP contribution in [0.4, 0.5) is 0 Å². The quantitative estimate of drug-likeness (QED) is 0.647. The van der Waals surface area contributed by atoms with Crippen LogP contribution in [0.1, 0.15) is 44.3 Å². The van der Waals surface area contributed by atoms with Gasteiger partial charge in [-0.3, -0.25) is 4.99 Å². The number of guanidine groups is 1. The minimum Gasteiger partial charge on any atom is -0.469 e. The largest absolute Gasteiger partial charge is 0.469 e. The van der Waals surface area contributed by atoms with Gasteiger partial charge in [0.05, 0.1) is 6.26 Å². The maximum atomic E-state index is 5.34. The lowest BCUT2D eigenvalue weighted by Gasteiger charge is -2.22. The highest BCUT2D eigenvalue weighted by molar-refractivity contribution is 5.80. The van der Waals surface area contributed by atoms with Crippen molar-refractivity contribution in [3.05, 3.63) is 24.2 Å². The number of nitrogens with one attached hydrogen (secondary N) is 2. The molecule has 21 heavy (non-hydrogen) atoms. The maximum absolute atomic E-state index is 5.34. The molecule has 2 saturated carbocycles. The van der Waals surface area contributed by atoms with Crippen molar-refractivity contribution in [1.29, 1.82) is 0 Å². The predicted octanol–water partition coefficient (Wildman–Crippen LogP) is 2.96. The lowest BCUT2D eigenvalue weighted by Crippen LogP contribution is -2.40. The van der Waals surface area contributed by atoms with Crippen LogP contribution in [-0.4, -0.2) is 25.6 Å². The van der Waals surface area contributed by atoms with Crippen LogP contribution in [0, 0.1) is 11.8 Å². The summed E-state index contributed by atoms with van der Waals surface area (Å²) in [5.74, 6) is 3.79. The second-order valence-corrected chi connectivity index (χ2v) is 6.38. The third-order valence-electron chi connectivity index (χ3n) is 4.88. The first-order valence-electron chi connectivity index (χ1n) is 8.36. The molecule has 2 aliphatic carbocycles. The molecule has 0 spiro atoms. The van der Waals surface area contributed by atoms with Gasteiger partial charge in [-0.1, -0.05) is 32.1 Å². The van der Waals surface area contributed by atoms with E-state index in [4.69, 9.17) is 4.42 Å². The summed E-state index contributed by atoms with van der Waals surface area (Å²) in [6, 6.07) is 4.59. The SMILES string of the molecule is CN=C(NCCc1ccco1)NC1CC1C1CCCCC1. The van der Waals surface area contributed by atoms with E-state index in [0.717, 1.165) is 36.5 Å².